The Labute approximate surface area is 92.9 Å². The van der Waals surface area contributed by atoms with E-state index in [9.17, 15) is 4.39 Å². The minimum Gasteiger partial charge on any atom is -0.492 e. The Morgan fingerprint density at radius 1 is 1.12 bits per heavy atom. The highest BCUT2D eigenvalue weighted by molar-refractivity contribution is 5.16. The zero-order chi connectivity index (χ0) is 11.2. The van der Waals surface area contributed by atoms with Crippen LogP contribution in [0.5, 0.6) is 5.75 Å². The fraction of sp³-hybridized carbons (Fsp3) is 0.167. The number of hydrogen-bond acceptors (Lipinski definition) is 3. The van der Waals surface area contributed by atoms with E-state index in [4.69, 9.17) is 4.74 Å². The lowest BCUT2D eigenvalue weighted by molar-refractivity contribution is 0.319. The average Bonchev–Trinajstić information content (AvgIpc) is 2.33. The lowest BCUT2D eigenvalue weighted by Gasteiger charge is -2.05. The van der Waals surface area contributed by atoms with Crippen molar-refractivity contribution in [1.82, 2.24) is 9.97 Å². The summed E-state index contributed by atoms with van der Waals surface area (Å²) in [6.45, 7) is 0.539. The molecular weight excluding hydrogens is 207 g/mol. The maximum absolute atomic E-state index is 12.5. The van der Waals surface area contributed by atoms with Crippen LogP contribution in [0.15, 0.2) is 42.9 Å². The van der Waals surface area contributed by atoms with E-state index in [1.54, 1.807) is 18.5 Å². The second-order valence-electron chi connectivity index (χ2n) is 3.27. The molecule has 0 saturated carbocycles. The van der Waals surface area contributed by atoms with Crippen molar-refractivity contribution in [2.75, 3.05) is 6.61 Å². The van der Waals surface area contributed by atoms with E-state index in [1.165, 1.54) is 12.3 Å². The summed E-state index contributed by atoms with van der Waals surface area (Å²) in [5.41, 5.74) is 1.16. The highest BCUT2D eigenvalue weighted by Gasteiger charge is 1.96. The van der Waals surface area contributed by atoms with Gasteiger partial charge in [0.25, 0.3) is 0 Å². The Kier molecular flexibility index (Phi) is 3.43. The van der Waals surface area contributed by atoms with Crippen LogP contribution >= 0.6 is 0 Å². The standard InChI is InChI=1S/C12H11FN2O/c13-12-2-1-11(9-15-12)16-8-5-10-3-6-14-7-4-10/h1-4,6-7,9H,5,8H2. The maximum atomic E-state index is 12.5. The van der Waals surface area contributed by atoms with Gasteiger partial charge in [-0.05, 0) is 29.8 Å². The Bertz CT molecular complexity index is 431. The summed E-state index contributed by atoms with van der Waals surface area (Å²) in [6, 6.07) is 6.72. The molecule has 2 aromatic heterocycles. The summed E-state index contributed by atoms with van der Waals surface area (Å²) in [5, 5.41) is 0. The van der Waals surface area contributed by atoms with Crippen LogP contribution < -0.4 is 4.74 Å². The minimum atomic E-state index is -0.499. The third-order valence-electron chi connectivity index (χ3n) is 2.11. The van der Waals surface area contributed by atoms with Gasteiger partial charge in [0.05, 0.1) is 12.8 Å². The molecule has 0 saturated heterocycles. The van der Waals surface area contributed by atoms with Gasteiger partial charge in [0.2, 0.25) is 5.95 Å². The molecule has 0 aliphatic carbocycles. The second kappa shape index (κ2) is 5.21. The summed E-state index contributed by atoms with van der Waals surface area (Å²) >= 11 is 0. The van der Waals surface area contributed by atoms with Crippen LogP contribution in [0, 0.1) is 5.95 Å². The maximum Gasteiger partial charge on any atom is 0.213 e. The van der Waals surface area contributed by atoms with Crippen LogP contribution in [0.2, 0.25) is 0 Å². The highest BCUT2D eigenvalue weighted by Crippen LogP contribution is 2.09. The summed E-state index contributed by atoms with van der Waals surface area (Å²) in [4.78, 5) is 7.43. The number of pyridine rings is 2. The largest absolute Gasteiger partial charge is 0.492 e. The van der Waals surface area contributed by atoms with Gasteiger partial charge in [-0.3, -0.25) is 4.98 Å². The monoisotopic (exact) mass is 218 g/mol. The first-order chi connectivity index (χ1) is 7.84. The van der Waals surface area contributed by atoms with Crippen molar-refractivity contribution in [3.8, 4) is 5.75 Å². The number of nitrogens with zero attached hydrogens (tertiary/aromatic N) is 2. The number of aromatic nitrogens is 2. The number of rotatable bonds is 4. The Balaban J connectivity index is 1.82. The molecule has 2 aromatic rings. The molecular formula is C12H11FN2O. The molecule has 4 heteroatoms. The number of ether oxygens (including phenoxy) is 1. The molecule has 0 spiro atoms. The lowest BCUT2D eigenvalue weighted by atomic mass is 10.2. The van der Waals surface area contributed by atoms with Crippen LogP contribution in [0.3, 0.4) is 0 Å². The molecule has 82 valence electrons. The van der Waals surface area contributed by atoms with E-state index in [0.717, 1.165) is 12.0 Å². The normalized spacial score (nSPS) is 10.1. The van der Waals surface area contributed by atoms with Crippen molar-refractivity contribution in [3.05, 3.63) is 54.4 Å². The predicted molar refractivity (Wildman–Crippen MR) is 57.6 cm³/mol. The van der Waals surface area contributed by atoms with E-state index in [1.807, 2.05) is 12.1 Å². The van der Waals surface area contributed by atoms with Crippen molar-refractivity contribution in [1.29, 1.82) is 0 Å². The van der Waals surface area contributed by atoms with Gasteiger partial charge >= 0.3 is 0 Å². The second-order valence-corrected chi connectivity index (χ2v) is 3.27. The SMILES string of the molecule is Fc1ccc(OCCc2ccncc2)cn1. The topological polar surface area (TPSA) is 35.0 Å². The van der Waals surface area contributed by atoms with E-state index >= 15 is 0 Å². The fourth-order valence-electron chi connectivity index (χ4n) is 1.28. The van der Waals surface area contributed by atoms with Crippen molar-refractivity contribution in [2.45, 2.75) is 6.42 Å². The van der Waals surface area contributed by atoms with Crippen LogP contribution in [0.25, 0.3) is 0 Å². The Hall–Kier alpha value is -1.97. The van der Waals surface area contributed by atoms with Gasteiger partial charge in [-0.25, -0.2) is 4.98 Å². The average molecular weight is 218 g/mol. The van der Waals surface area contributed by atoms with Gasteiger partial charge in [-0.2, -0.15) is 4.39 Å². The summed E-state index contributed by atoms with van der Waals surface area (Å²) in [7, 11) is 0. The van der Waals surface area contributed by atoms with E-state index < -0.39 is 5.95 Å². The van der Waals surface area contributed by atoms with E-state index in [0.29, 0.717) is 12.4 Å². The van der Waals surface area contributed by atoms with Crippen LogP contribution in [-0.2, 0) is 6.42 Å². The van der Waals surface area contributed by atoms with Gasteiger partial charge in [0.1, 0.15) is 5.75 Å². The predicted octanol–water partition coefficient (Wildman–Crippen LogP) is 2.24. The van der Waals surface area contributed by atoms with Gasteiger partial charge < -0.3 is 4.74 Å². The molecule has 2 heterocycles. The smallest absolute Gasteiger partial charge is 0.213 e. The molecule has 0 N–H and O–H groups in total. The van der Waals surface area contributed by atoms with Gasteiger partial charge in [0, 0.05) is 18.8 Å². The molecule has 0 unspecified atom stereocenters. The molecule has 2 rings (SSSR count). The first kappa shape index (κ1) is 10.5. The fourth-order valence-corrected chi connectivity index (χ4v) is 1.28. The molecule has 0 amide bonds. The van der Waals surface area contributed by atoms with Crippen LogP contribution in [0.4, 0.5) is 4.39 Å². The minimum absolute atomic E-state index is 0.499. The van der Waals surface area contributed by atoms with Crippen molar-refractivity contribution >= 4 is 0 Å². The highest BCUT2D eigenvalue weighted by atomic mass is 19.1. The molecule has 0 radical (unpaired) electrons. The first-order valence-electron chi connectivity index (χ1n) is 4.98. The third kappa shape index (κ3) is 3.02. The first-order valence-corrected chi connectivity index (χ1v) is 4.98. The van der Waals surface area contributed by atoms with Crippen LogP contribution in [0.1, 0.15) is 5.56 Å². The van der Waals surface area contributed by atoms with Gasteiger partial charge in [0.15, 0.2) is 0 Å². The van der Waals surface area contributed by atoms with Crippen molar-refractivity contribution < 1.29 is 9.13 Å². The summed E-state index contributed by atoms with van der Waals surface area (Å²) in [6.07, 6.45) is 5.66. The molecule has 0 aliphatic rings. The molecule has 0 bridgehead atoms. The van der Waals surface area contributed by atoms with Crippen molar-refractivity contribution in [2.24, 2.45) is 0 Å². The lowest BCUT2D eigenvalue weighted by Crippen LogP contribution is -2.01. The van der Waals surface area contributed by atoms with E-state index in [-0.39, 0.29) is 0 Å². The quantitative estimate of drug-likeness (QED) is 0.738. The zero-order valence-electron chi connectivity index (χ0n) is 8.64. The zero-order valence-corrected chi connectivity index (χ0v) is 8.64. The van der Waals surface area contributed by atoms with Crippen molar-refractivity contribution in [3.63, 3.8) is 0 Å². The van der Waals surface area contributed by atoms with Gasteiger partial charge in [-0.15, -0.1) is 0 Å². The Morgan fingerprint density at radius 2 is 1.94 bits per heavy atom. The summed E-state index contributed by atoms with van der Waals surface area (Å²) < 4.78 is 17.9. The molecule has 0 aromatic carbocycles. The number of hydrogen-bond donors (Lipinski definition) is 0. The Morgan fingerprint density at radius 3 is 2.62 bits per heavy atom. The summed E-state index contributed by atoms with van der Waals surface area (Å²) in [5.74, 6) is 0.0805. The van der Waals surface area contributed by atoms with Gasteiger partial charge in [-0.1, -0.05) is 0 Å². The molecule has 0 aliphatic heterocycles. The van der Waals surface area contributed by atoms with E-state index in [2.05, 4.69) is 9.97 Å². The molecule has 0 atom stereocenters. The molecule has 0 fully saturated rings. The molecule has 3 nitrogen and oxygen atoms in total. The number of halogens is 1. The third-order valence-corrected chi connectivity index (χ3v) is 2.11. The molecule has 16 heavy (non-hydrogen) atoms. The van der Waals surface area contributed by atoms with Crippen LogP contribution in [-0.4, -0.2) is 16.6 Å².